The quantitative estimate of drug-likeness (QED) is 0.920. The highest BCUT2D eigenvalue weighted by Crippen LogP contribution is 2.23. The summed E-state index contributed by atoms with van der Waals surface area (Å²) in [6.07, 6.45) is 2.12. The second kappa shape index (κ2) is 7.12. The first-order valence-corrected chi connectivity index (χ1v) is 7.73. The summed E-state index contributed by atoms with van der Waals surface area (Å²) >= 11 is 0. The Labute approximate surface area is 138 Å². The molecule has 0 radical (unpaired) electrons. The number of likely N-dealkylation sites (tertiary alicyclic amines) is 1. The van der Waals surface area contributed by atoms with Gasteiger partial charge in [0.1, 0.15) is 12.9 Å². The topological polar surface area (TPSA) is 97.5 Å². The van der Waals surface area contributed by atoms with E-state index in [0.29, 0.717) is 25.9 Å². The molecule has 1 amide bonds. The fraction of sp³-hybridized carbons (Fsp3) is 0.375. The first-order chi connectivity index (χ1) is 11.6. The number of piperidine rings is 1. The average Bonchev–Trinajstić information content (AvgIpc) is 3.11. The maximum absolute atomic E-state index is 12.1. The first-order valence-electron chi connectivity index (χ1n) is 7.73. The van der Waals surface area contributed by atoms with Crippen LogP contribution in [-0.4, -0.2) is 49.9 Å². The van der Waals surface area contributed by atoms with Crippen molar-refractivity contribution in [3.8, 4) is 0 Å². The zero-order valence-electron chi connectivity index (χ0n) is 13.0. The predicted molar refractivity (Wildman–Crippen MR) is 83.5 cm³/mol. The van der Waals surface area contributed by atoms with Crippen molar-refractivity contribution in [2.24, 2.45) is 0 Å². The van der Waals surface area contributed by atoms with E-state index in [1.165, 1.54) is 11.0 Å². The van der Waals surface area contributed by atoms with E-state index in [1.807, 2.05) is 30.3 Å². The Morgan fingerprint density at radius 3 is 2.58 bits per heavy atom. The lowest BCUT2D eigenvalue weighted by Crippen LogP contribution is -2.40. The lowest BCUT2D eigenvalue weighted by Gasteiger charge is -2.31. The Hall–Kier alpha value is -2.90. The number of nitrogens with zero attached hydrogens (tertiary/aromatic N) is 4. The van der Waals surface area contributed by atoms with Gasteiger partial charge in [-0.15, -0.1) is 0 Å². The molecule has 3 rings (SSSR count). The highest BCUT2D eigenvalue weighted by atomic mass is 16.6. The number of hydrogen-bond donors (Lipinski definition) is 1. The van der Waals surface area contributed by atoms with Crippen molar-refractivity contribution < 1.29 is 19.4 Å². The number of carbonyl (C=O) groups excluding carboxylic acids is 1. The molecular weight excluding hydrogens is 312 g/mol. The monoisotopic (exact) mass is 330 g/mol. The van der Waals surface area contributed by atoms with Crippen molar-refractivity contribution in [2.45, 2.75) is 25.5 Å². The number of carboxylic acids is 1. The Kier molecular flexibility index (Phi) is 4.74. The van der Waals surface area contributed by atoms with Crippen LogP contribution in [0, 0.1) is 0 Å². The van der Waals surface area contributed by atoms with Gasteiger partial charge in [0.2, 0.25) is 5.82 Å². The van der Waals surface area contributed by atoms with Crippen LogP contribution in [-0.2, 0) is 11.3 Å². The van der Waals surface area contributed by atoms with Crippen molar-refractivity contribution in [3.05, 3.63) is 48.0 Å². The van der Waals surface area contributed by atoms with Gasteiger partial charge in [-0.1, -0.05) is 30.3 Å². The zero-order valence-corrected chi connectivity index (χ0v) is 13.0. The summed E-state index contributed by atoms with van der Waals surface area (Å²) in [6.45, 7) is 1.24. The van der Waals surface area contributed by atoms with E-state index in [1.54, 1.807) is 4.90 Å². The van der Waals surface area contributed by atoms with Crippen molar-refractivity contribution in [2.75, 3.05) is 13.1 Å². The van der Waals surface area contributed by atoms with E-state index in [9.17, 15) is 9.59 Å². The Morgan fingerprint density at radius 1 is 1.21 bits per heavy atom. The summed E-state index contributed by atoms with van der Waals surface area (Å²) in [5, 5.41) is 13.1. The van der Waals surface area contributed by atoms with Crippen LogP contribution in [0.4, 0.5) is 4.79 Å². The molecule has 0 saturated carbocycles. The lowest BCUT2D eigenvalue weighted by atomic mass is 10.1. The number of rotatable bonds is 4. The van der Waals surface area contributed by atoms with Crippen molar-refractivity contribution in [1.82, 2.24) is 19.7 Å². The molecule has 8 heteroatoms. The summed E-state index contributed by atoms with van der Waals surface area (Å²) in [7, 11) is 0. The van der Waals surface area contributed by atoms with Gasteiger partial charge in [-0.3, -0.25) is 0 Å². The van der Waals surface area contributed by atoms with Crippen LogP contribution in [0.2, 0.25) is 0 Å². The van der Waals surface area contributed by atoms with Crippen LogP contribution in [0.1, 0.15) is 35.1 Å². The minimum absolute atomic E-state index is 0.0693. The molecule has 1 N–H and O–H groups in total. The second-order valence-electron chi connectivity index (χ2n) is 5.59. The van der Waals surface area contributed by atoms with Crippen molar-refractivity contribution >= 4 is 12.1 Å². The maximum Gasteiger partial charge on any atom is 0.410 e. The first kappa shape index (κ1) is 16.0. The number of carboxylic acid groups (broad SMARTS) is 1. The minimum Gasteiger partial charge on any atom is -0.475 e. The molecular formula is C16H18N4O4. The molecule has 1 aromatic carbocycles. The molecule has 126 valence electrons. The Morgan fingerprint density at radius 2 is 1.92 bits per heavy atom. The van der Waals surface area contributed by atoms with E-state index in [4.69, 9.17) is 9.84 Å². The number of amides is 1. The summed E-state index contributed by atoms with van der Waals surface area (Å²) in [6, 6.07) is 9.43. The molecule has 0 spiro atoms. The molecule has 0 aliphatic carbocycles. The summed E-state index contributed by atoms with van der Waals surface area (Å²) in [5.74, 6) is -1.17. The maximum atomic E-state index is 12.1. The zero-order chi connectivity index (χ0) is 16.9. The molecule has 2 heterocycles. The molecule has 1 fully saturated rings. The average molecular weight is 330 g/mol. The van der Waals surface area contributed by atoms with Gasteiger partial charge < -0.3 is 14.7 Å². The predicted octanol–water partition coefficient (Wildman–Crippen LogP) is 1.95. The third kappa shape index (κ3) is 3.53. The number of ether oxygens (including phenoxy) is 1. The van der Waals surface area contributed by atoms with Crippen LogP contribution in [0.25, 0.3) is 0 Å². The molecule has 0 atom stereocenters. The molecule has 1 aliphatic heterocycles. The lowest BCUT2D eigenvalue weighted by molar-refractivity contribution is 0.0654. The smallest absolute Gasteiger partial charge is 0.410 e. The molecule has 0 unspecified atom stereocenters. The molecule has 8 nitrogen and oxygen atoms in total. The summed E-state index contributed by atoms with van der Waals surface area (Å²) in [5.41, 5.74) is 0.939. The van der Waals surface area contributed by atoms with Crippen molar-refractivity contribution in [3.63, 3.8) is 0 Å². The molecule has 24 heavy (non-hydrogen) atoms. The third-order valence-corrected chi connectivity index (χ3v) is 4.04. The number of aromatic nitrogens is 3. The third-order valence-electron chi connectivity index (χ3n) is 4.04. The number of hydrogen-bond acceptors (Lipinski definition) is 5. The van der Waals surface area contributed by atoms with Gasteiger partial charge in [-0.2, -0.15) is 5.10 Å². The van der Waals surface area contributed by atoms with E-state index in [-0.39, 0.29) is 24.6 Å². The van der Waals surface area contributed by atoms with E-state index in [0.717, 1.165) is 5.56 Å². The van der Waals surface area contributed by atoms with Gasteiger partial charge in [0.05, 0.1) is 6.04 Å². The highest BCUT2D eigenvalue weighted by Gasteiger charge is 2.28. The van der Waals surface area contributed by atoms with Gasteiger partial charge in [-0.25, -0.2) is 19.3 Å². The van der Waals surface area contributed by atoms with Gasteiger partial charge in [0.25, 0.3) is 0 Å². The van der Waals surface area contributed by atoms with Gasteiger partial charge >= 0.3 is 12.1 Å². The van der Waals surface area contributed by atoms with E-state index >= 15 is 0 Å². The Bertz CT molecular complexity index is 708. The SMILES string of the molecule is O=C(O)c1ncnn1C1CCN(C(=O)OCc2ccccc2)CC1. The standard InChI is InChI=1S/C16H18N4O4/c21-15(22)14-17-11-18-20(14)13-6-8-19(9-7-13)16(23)24-10-12-4-2-1-3-5-12/h1-5,11,13H,6-10H2,(H,21,22). The number of carbonyl (C=O) groups is 2. The molecule has 1 saturated heterocycles. The fourth-order valence-corrected chi connectivity index (χ4v) is 2.77. The fourth-order valence-electron chi connectivity index (χ4n) is 2.77. The Balaban J connectivity index is 1.52. The van der Waals surface area contributed by atoms with Gasteiger partial charge in [0, 0.05) is 13.1 Å². The number of benzene rings is 1. The summed E-state index contributed by atoms with van der Waals surface area (Å²) in [4.78, 5) is 28.6. The minimum atomic E-state index is -1.10. The number of aromatic carboxylic acids is 1. The highest BCUT2D eigenvalue weighted by molar-refractivity contribution is 5.83. The van der Waals surface area contributed by atoms with Gasteiger partial charge in [0.15, 0.2) is 0 Å². The normalized spacial score (nSPS) is 15.2. The largest absolute Gasteiger partial charge is 0.475 e. The van der Waals surface area contributed by atoms with Crippen LogP contribution >= 0.6 is 0 Å². The molecule has 1 aliphatic rings. The van der Waals surface area contributed by atoms with E-state index in [2.05, 4.69) is 10.1 Å². The molecule has 0 bridgehead atoms. The van der Waals surface area contributed by atoms with E-state index < -0.39 is 5.97 Å². The summed E-state index contributed by atoms with van der Waals surface area (Å²) < 4.78 is 6.74. The van der Waals surface area contributed by atoms with Crippen LogP contribution in [0.5, 0.6) is 0 Å². The van der Waals surface area contributed by atoms with Gasteiger partial charge in [-0.05, 0) is 18.4 Å². The molecule has 2 aromatic rings. The van der Waals surface area contributed by atoms with Crippen LogP contribution in [0.3, 0.4) is 0 Å². The van der Waals surface area contributed by atoms with Crippen LogP contribution in [0.15, 0.2) is 36.7 Å². The van der Waals surface area contributed by atoms with Crippen LogP contribution < -0.4 is 0 Å². The van der Waals surface area contributed by atoms with Crippen molar-refractivity contribution in [1.29, 1.82) is 0 Å². The second-order valence-corrected chi connectivity index (χ2v) is 5.59. The molecule has 1 aromatic heterocycles.